The Morgan fingerprint density at radius 3 is 1.72 bits per heavy atom. The lowest BCUT2D eigenvalue weighted by atomic mass is 10.1. The van der Waals surface area contributed by atoms with Crippen molar-refractivity contribution >= 4 is 11.9 Å². The van der Waals surface area contributed by atoms with Crippen molar-refractivity contribution in [1.82, 2.24) is 0 Å². The van der Waals surface area contributed by atoms with E-state index in [0.717, 1.165) is 12.8 Å². The summed E-state index contributed by atoms with van der Waals surface area (Å²) in [6.45, 7) is 5.90. The molecular weight excluding hydrogens is 236 g/mol. The molecule has 0 heterocycles. The van der Waals surface area contributed by atoms with E-state index in [0.29, 0.717) is 18.8 Å². The minimum absolute atomic E-state index is 0.357. The van der Waals surface area contributed by atoms with Gasteiger partial charge in [-0.2, -0.15) is 0 Å². The molecule has 108 valence electrons. The van der Waals surface area contributed by atoms with E-state index in [1.54, 1.807) is 0 Å². The molecule has 0 saturated carbocycles. The Labute approximate surface area is 108 Å². The number of hydrogen-bond donors (Lipinski definition) is 4. The topological polar surface area (TPSA) is 127 Å². The van der Waals surface area contributed by atoms with Gasteiger partial charge < -0.3 is 21.7 Å². The maximum absolute atomic E-state index is 10.1. The van der Waals surface area contributed by atoms with Gasteiger partial charge in [0.2, 0.25) is 0 Å². The Bertz CT molecular complexity index is 244. The molecule has 0 saturated heterocycles. The first-order chi connectivity index (χ1) is 8.22. The van der Waals surface area contributed by atoms with Crippen LogP contribution in [0.3, 0.4) is 0 Å². The molecule has 2 atom stereocenters. The van der Waals surface area contributed by atoms with Gasteiger partial charge in [0.05, 0.1) is 0 Å². The third-order valence-corrected chi connectivity index (χ3v) is 2.23. The highest BCUT2D eigenvalue weighted by atomic mass is 16.4. The van der Waals surface area contributed by atoms with Gasteiger partial charge in [-0.3, -0.25) is 9.59 Å². The normalized spacial score (nSPS) is 13.4. The molecule has 0 aromatic rings. The highest BCUT2D eigenvalue weighted by Crippen LogP contribution is 2.01. The molecule has 0 fully saturated rings. The van der Waals surface area contributed by atoms with E-state index in [4.69, 9.17) is 21.7 Å². The summed E-state index contributed by atoms with van der Waals surface area (Å²) in [5.74, 6) is -1.46. The summed E-state index contributed by atoms with van der Waals surface area (Å²) in [6, 6.07) is -1.35. The van der Waals surface area contributed by atoms with Crippen molar-refractivity contribution in [2.45, 2.75) is 58.5 Å². The second-order valence-electron chi connectivity index (χ2n) is 4.66. The molecule has 0 aromatic carbocycles. The predicted molar refractivity (Wildman–Crippen MR) is 70.2 cm³/mol. The van der Waals surface area contributed by atoms with Crippen molar-refractivity contribution in [1.29, 1.82) is 0 Å². The van der Waals surface area contributed by atoms with Crippen LogP contribution in [-0.2, 0) is 9.59 Å². The Kier molecular flexibility index (Phi) is 11.7. The predicted octanol–water partition coefficient (Wildman–Crippen LogP) is 1.03. The maximum Gasteiger partial charge on any atom is 0.320 e. The molecule has 6 N–H and O–H groups in total. The first-order valence-corrected chi connectivity index (χ1v) is 6.19. The van der Waals surface area contributed by atoms with Crippen molar-refractivity contribution in [2.75, 3.05) is 0 Å². The van der Waals surface area contributed by atoms with Crippen LogP contribution in [0, 0.1) is 5.92 Å². The molecule has 6 heteroatoms. The molecule has 6 nitrogen and oxygen atoms in total. The molecule has 0 amide bonds. The van der Waals surface area contributed by atoms with Gasteiger partial charge in [-0.15, -0.1) is 0 Å². The van der Waals surface area contributed by atoms with Gasteiger partial charge in [0.15, 0.2) is 0 Å². The highest BCUT2D eigenvalue weighted by molar-refractivity contribution is 5.73. The molecule has 2 unspecified atom stereocenters. The second-order valence-corrected chi connectivity index (χ2v) is 4.66. The van der Waals surface area contributed by atoms with Crippen LogP contribution in [0.15, 0.2) is 0 Å². The molecule has 0 aliphatic rings. The van der Waals surface area contributed by atoms with Crippen molar-refractivity contribution in [3.8, 4) is 0 Å². The van der Waals surface area contributed by atoms with E-state index in [-0.39, 0.29) is 0 Å². The molecule has 0 aliphatic heterocycles. The summed E-state index contributed by atoms with van der Waals surface area (Å²) in [5.41, 5.74) is 10.4. The summed E-state index contributed by atoms with van der Waals surface area (Å²) in [7, 11) is 0. The lowest BCUT2D eigenvalue weighted by molar-refractivity contribution is -0.139. The van der Waals surface area contributed by atoms with Crippen LogP contribution in [0.25, 0.3) is 0 Å². The number of carboxylic acids is 2. The fourth-order valence-corrected chi connectivity index (χ4v) is 1.16. The highest BCUT2D eigenvalue weighted by Gasteiger charge is 2.12. The first-order valence-electron chi connectivity index (χ1n) is 6.19. The first kappa shape index (κ1) is 19.2. The maximum atomic E-state index is 10.1. The zero-order chi connectivity index (χ0) is 14.7. The minimum Gasteiger partial charge on any atom is -0.480 e. The van der Waals surface area contributed by atoms with E-state index in [2.05, 4.69) is 0 Å². The van der Waals surface area contributed by atoms with Gasteiger partial charge in [-0.05, 0) is 18.8 Å². The number of carbonyl (C=O) groups is 2. The van der Waals surface area contributed by atoms with Gasteiger partial charge in [0, 0.05) is 0 Å². The third-order valence-electron chi connectivity index (χ3n) is 2.23. The van der Waals surface area contributed by atoms with Gasteiger partial charge in [0.1, 0.15) is 12.1 Å². The molecule has 0 aromatic heterocycles. The van der Waals surface area contributed by atoms with Gasteiger partial charge in [-0.1, -0.05) is 33.6 Å². The number of aliphatic carboxylic acids is 2. The molecule has 0 rings (SSSR count). The standard InChI is InChI=1S/2C6H13NO2/c1-4(2)3-5(7)6(8)9;1-2-3-4-5(7)6(8)9/h4-5H,3,7H2,1-2H3,(H,8,9);5H,2-4,7H2,1H3,(H,8,9). The second kappa shape index (κ2) is 11.0. The average Bonchev–Trinajstić information content (AvgIpc) is 2.25. The van der Waals surface area contributed by atoms with Crippen LogP contribution < -0.4 is 11.5 Å². The molecule has 18 heavy (non-hydrogen) atoms. The zero-order valence-corrected chi connectivity index (χ0v) is 11.4. The Morgan fingerprint density at radius 2 is 1.50 bits per heavy atom. The largest absolute Gasteiger partial charge is 0.480 e. The van der Waals surface area contributed by atoms with Crippen LogP contribution in [0.5, 0.6) is 0 Å². The number of unbranched alkanes of at least 4 members (excludes halogenated alkanes) is 1. The fraction of sp³-hybridized carbons (Fsp3) is 0.833. The molecular formula is C12H26N2O4. The SMILES string of the molecule is CC(C)CC(N)C(=O)O.CCCCC(N)C(=O)O. The zero-order valence-electron chi connectivity index (χ0n) is 11.4. The fourth-order valence-electron chi connectivity index (χ4n) is 1.16. The molecule has 0 spiro atoms. The van der Waals surface area contributed by atoms with E-state index in [9.17, 15) is 9.59 Å². The van der Waals surface area contributed by atoms with E-state index in [1.165, 1.54) is 0 Å². The summed E-state index contributed by atoms with van der Waals surface area (Å²) < 4.78 is 0. The van der Waals surface area contributed by atoms with Crippen molar-refractivity contribution < 1.29 is 19.8 Å². The van der Waals surface area contributed by atoms with Crippen molar-refractivity contribution in [3.63, 3.8) is 0 Å². The quantitative estimate of drug-likeness (QED) is 0.543. The number of hydrogen-bond acceptors (Lipinski definition) is 4. The monoisotopic (exact) mass is 262 g/mol. The number of nitrogens with two attached hydrogens (primary N) is 2. The Morgan fingerprint density at radius 1 is 1.06 bits per heavy atom. The molecule has 0 aliphatic carbocycles. The lowest BCUT2D eigenvalue weighted by Gasteiger charge is -2.07. The third kappa shape index (κ3) is 12.9. The molecule has 0 bridgehead atoms. The average molecular weight is 262 g/mol. The Hall–Kier alpha value is -1.14. The van der Waals surface area contributed by atoms with E-state index < -0.39 is 24.0 Å². The van der Waals surface area contributed by atoms with E-state index >= 15 is 0 Å². The van der Waals surface area contributed by atoms with Crippen molar-refractivity contribution in [3.05, 3.63) is 0 Å². The van der Waals surface area contributed by atoms with Gasteiger partial charge in [0.25, 0.3) is 0 Å². The van der Waals surface area contributed by atoms with E-state index in [1.807, 2.05) is 20.8 Å². The lowest BCUT2D eigenvalue weighted by Crippen LogP contribution is -2.31. The van der Waals surface area contributed by atoms with Crippen LogP contribution in [-0.4, -0.2) is 34.2 Å². The van der Waals surface area contributed by atoms with Gasteiger partial charge in [-0.25, -0.2) is 0 Å². The van der Waals surface area contributed by atoms with Crippen LogP contribution in [0.4, 0.5) is 0 Å². The van der Waals surface area contributed by atoms with Crippen LogP contribution >= 0.6 is 0 Å². The number of carboxylic acid groups (broad SMARTS) is 2. The Balaban J connectivity index is 0. The van der Waals surface area contributed by atoms with Crippen molar-refractivity contribution in [2.24, 2.45) is 17.4 Å². The molecule has 0 radical (unpaired) electrons. The minimum atomic E-state index is -0.913. The number of rotatable bonds is 7. The summed E-state index contributed by atoms with van der Waals surface area (Å²) in [4.78, 5) is 20.2. The van der Waals surface area contributed by atoms with Gasteiger partial charge >= 0.3 is 11.9 Å². The van der Waals surface area contributed by atoms with Crippen LogP contribution in [0.2, 0.25) is 0 Å². The summed E-state index contributed by atoms with van der Waals surface area (Å²) in [5, 5.41) is 16.6. The van der Waals surface area contributed by atoms with Crippen LogP contribution in [0.1, 0.15) is 46.5 Å². The summed E-state index contributed by atoms with van der Waals surface area (Å²) >= 11 is 0. The summed E-state index contributed by atoms with van der Waals surface area (Å²) in [6.07, 6.45) is 3.04. The smallest absolute Gasteiger partial charge is 0.320 e.